The van der Waals surface area contributed by atoms with Crippen molar-refractivity contribution in [1.29, 1.82) is 0 Å². The van der Waals surface area contributed by atoms with Gasteiger partial charge in [-0.2, -0.15) is 0 Å². The highest BCUT2D eigenvalue weighted by atomic mass is 16.3. The zero-order chi connectivity index (χ0) is 10.0. The molecule has 76 valence electrons. The van der Waals surface area contributed by atoms with Crippen molar-refractivity contribution in [2.24, 2.45) is 11.8 Å². The number of aliphatic hydroxyl groups excluding tert-OH is 1. The van der Waals surface area contributed by atoms with Gasteiger partial charge in [-0.1, -0.05) is 13.8 Å². The summed E-state index contributed by atoms with van der Waals surface area (Å²) in [5.74, 6) is 1.12. The molecule has 1 fully saturated rings. The molecule has 1 saturated heterocycles. The Balaban J connectivity index is 2.50. The summed E-state index contributed by atoms with van der Waals surface area (Å²) < 4.78 is 0. The monoisotopic (exact) mass is 185 g/mol. The lowest BCUT2D eigenvalue weighted by Crippen LogP contribution is -2.45. The van der Waals surface area contributed by atoms with Gasteiger partial charge < -0.3 is 10.0 Å². The lowest BCUT2D eigenvalue weighted by molar-refractivity contribution is -0.141. The van der Waals surface area contributed by atoms with Crippen molar-refractivity contribution in [1.82, 2.24) is 4.90 Å². The molecule has 1 heterocycles. The average Bonchev–Trinajstić information content (AvgIpc) is 2.08. The van der Waals surface area contributed by atoms with Crippen LogP contribution in [0.5, 0.6) is 0 Å². The van der Waals surface area contributed by atoms with Crippen LogP contribution in [0, 0.1) is 11.8 Å². The number of carbonyl (C=O) groups is 1. The molecule has 3 atom stereocenters. The average molecular weight is 185 g/mol. The number of likely N-dealkylation sites (tertiary alicyclic amines) is 1. The van der Waals surface area contributed by atoms with E-state index >= 15 is 0 Å². The molecule has 0 bridgehead atoms. The third kappa shape index (κ3) is 2.44. The van der Waals surface area contributed by atoms with Gasteiger partial charge in [-0.15, -0.1) is 0 Å². The fourth-order valence-corrected chi connectivity index (χ4v) is 1.73. The summed E-state index contributed by atoms with van der Waals surface area (Å²) in [6.45, 7) is 7.51. The van der Waals surface area contributed by atoms with E-state index in [4.69, 9.17) is 5.11 Å². The Morgan fingerprint density at radius 3 is 2.54 bits per heavy atom. The molecule has 0 saturated carbocycles. The van der Waals surface area contributed by atoms with Crippen molar-refractivity contribution >= 4 is 5.91 Å². The number of piperidine rings is 1. The molecule has 0 aliphatic carbocycles. The van der Waals surface area contributed by atoms with Crippen LogP contribution in [0.2, 0.25) is 0 Å². The van der Waals surface area contributed by atoms with Crippen LogP contribution in [-0.2, 0) is 4.79 Å². The zero-order valence-electron chi connectivity index (χ0n) is 8.66. The highest BCUT2D eigenvalue weighted by Gasteiger charge is 2.27. The van der Waals surface area contributed by atoms with Gasteiger partial charge in [0.25, 0.3) is 5.91 Å². The van der Waals surface area contributed by atoms with E-state index in [0.29, 0.717) is 11.8 Å². The van der Waals surface area contributed by atoms with Gasteiger partial charge in [-0.3, -0.25) is 4.79 Å². The zero-order valence-corrected chi connectivity index (χ0v) is 8.66. The maximum absolute atomic E-state index is 11.4. The molecule has 0 spiro atoms. The summed E-state index contributed by atoms with van der Waals surface area (Å²) >= 11 is 0. The number of rotatable bonds is 1. The second-order valence-electron chi connectivity index (χ2n) is 4.20. The van der Waals surface area contributed by atoms with Crippen molar-refractivity contribution in [3.8, 4) is 0 Å². The summed E-state index contributed by atoms with van der Waals surface area (Å²) in [5, 5.41) is 9.13. The molecule has 0 aromatic rings. The smallest absolute Gasteiger partial charge is 0.251 e. The molecule has 1 aliphatic rings. The first kappa shape index (κ1) is 10.5. The maximum Gasteiger partial charge on any atom is 0.251 e. The molecule has 2 unspecified atom stereocenters. The predicted molar refractivity (Wildman–Crippen MR) is 51.2 cm³/mol. The Hall–Kier alpha value is -0.570. The van der Waals surface area contributed by atoms with E-state index in [-0.39, 0.29) is 5.91 Å². The van der Waals surface area contributed by atoms with Crippen LogP contribution in [0.4, 0.5) is 0 Å². The van der Waals surface area contributed by atoms with Gasteiger partial charge in [0, 0.05) is 13.1 Å². The van der Waals surface area contributed by atoms with Crippen LogP contribution < -0.4 is 0 Å². The van der Waals surface area contributed by atoms with Gasteiger partial charge >= 0.3 is 0 Å². The van der Waals surface area contributed by atoms with Crippen LogP contribution in [0.25, 0.3) is 0 Å². The molecular formula is C10H19NO2. The molecule has 1 rings (SSSR count). The predicted octanol–water partition coefficient (Wildman–Crippen LogP) is 0.872. The maximum atomic E-state index is 11.4. The van der Waals surface area contributed by atoms with Gasteiger partial charge in [-0.05, 0) is 25.2 Å². The standard InChI is InChI=1S/C10H19NO2/c1-7-4-5-11(6-8(7)2)10(13)9(3)12/h7-9,12H,4-6H2,1-3H3/t7?,8?,9-/m1/s1. The second-order valence-corrected chi connectivity index (χ2v) is 4.20. The fraction of sp³-hybridized carbons (Fsp3) is 0.900. The number of aliphatic hydroxyl groups is 1. The van der Waals surface area contributed by atoms with Crippen LogP contribution in [0.3, 0.4) is 0 Å². The van der Waals surface area contributed by atoms with Crippen LogP contribution in [-0.4, -0.2) is 35.1 Å². The van der Waals surface area contributed by atoms with Gasteiger partial charge in [0.1, 0.15) is 6.10 Å². The number of hydrogen-bond donors (Lipinski definition) is 1. The minimum Gasteiger partial charge on any atom is -0.384 e. The normalized spacial score (nSPS) is 31.5. The topological polar surface area (TPSA) is 40.5 Å². The van der Waals surface area contributed by atoms with E-state index < -0.39 is 6.10 Å². The lowest BCUT2D eigenvalue weighted by Gasteiger charge is -2.35. The van der Waals surface area contributed by atoms with E-state index in [1.54, 1.807) is 4.90 Å². The summed E-state index contributed by atoms with van der Waals surface area (Å²) in [5.41, 5.74) is 0. The lowest BCUT2D eigenvalue weighted by atomic mass is 9.88. The first-order valence-electron chi connectivity index (χ1n) is 4.99. The first-order valence-corrected chi connectivity index (χ1v) is 4.99. The van der Waals surface area contributed by atoms with Crippen molar-refractivity contribution in [3.05, 3.63) is 0 Å². The summed E-state index contributed by atoms with van der Waals surface area (Å²) in [6, 6.07) is 0. The minimum atomic E-state index is -0.847. The number of carbonyl (C=O) groups excluding carboxylic acids is 1. The SMILES string of the molecule is CC1CCN(C(=O)[C@@H](C)O)CC1C. The van der Waals surface area contributed by atoms with E-state index in [1.165, 1.54) is 6.92 Å². The van der Waals surface area contributed by atoms with Gasteiger partial charge in [0.05, 0.1) is 0 Å². The van der Waals surface area contributed by atoms with Gasteiger partial charge in [-0.25, -0.2) is 0 Å². The molecule has 1 aliphatic heterocycles. The third-order valence-corrected chi connectivity index (χ3v) is 3.00. The molecule has 0 radical (unpaired) electrons. The van der Waals surface area contributed by atoms with Crippen molar-refractivity contribution in [2.75, 3.05) is 13.1 Å². The Labute approximate surface area is 79.7 Å². The molecule has 3 heteroatoms. The highest BCUT2D eigenvalue weighted by Crippen LogP contribution is 2.22. The summed E-state index contributed by atoms with van der Waals surface area (Å²) in [7, 11) is 0. The van der Waals surface area contributed by atoms with E-state index in [9.17, 15) is 4.79 Å². The first-order chi connectivity index (χ1) is 6.02. The van der Waals surface area contributed by atoms with Gasteiger partial charge in [0.15, 0.2) is 0 Å². The van der Waals surface area contributed by atoms with Crippen LogP contribution >= 0.6 is 0 Å². The largest absolute Gasteiger partial charge is 0.384 e. The van der Waals surface area contributed by atoms with Gasteiger partial charge in [0.2, 0.25) is 0 Å². The van der Waals surface area contributed by atoms with Crippen molar-refractivity contribution < 1.29 is 9.90 Å². The molecule has 0 aromatic heterocycles. The Bertz CT molecular complexity index is 191. The summed E-state index contributed by atoms with van der Waals surface area (Å²) in [6.07, 6.45) is 0.209. The Kier molecular flexibility index (Phi) is 3.31. The minimum absolute atomic E-state index is 0.126. The molecule has 0 aromatic carbocycles. The van der Waals surface area contributed by atoms with E-state index in [2.05, 4.69) is 13.8 Å². The molecule has 3 nitrogen and oxygen atoms in total. The fourth-order valence-electron chi connectivity index (χ4n) is 1.73. The number of nitrogens with zero attached hydrogens (tertiary/aromatic N) is 1. The Morgan fingerprint density at radius 2 is 2.08 bits per heavy atom. The number of amides is 1. The van der Waals surface area contributed by atoms with Crippen LogP contribution in [0.1, 0.15) is 27.2 Å². The molecule has 1 N–H and O–H groups in total. The highest BCUT2D eigenvalue weighted by molar-refractivity contribution is 5.80. The number of hydrogen-bond acceptors (Lipinski definition) is 2. The van der Waals surface area contributed by atoms with Crippen molar-refractivity contribution in [2.45, 2.75) is 33.3 Å². The Morgan fingerprint density at radius 1 is 1.46 bits per heavy atom. The molecular weight excluding hydrogens is 166 g/mol. The van der Waals surface area contributed by atoms with E-state index in [1.807, 2.05) is 0 Å². The van der Waals surface area contributed by atoms with Crippen LogP contribution in [0.15, 0.2) is 0 Å². The molecule has 13 heavy (non-hydrogen) atoms. The quantitative estimate of drug-likeness (QED) is 0.658. The molecule has 1 amide bonds. The van der Waals surface area contributed by atoms with E-state index in [0.717, 1.165) is 19.5 Å². The summed E-state index contributed by atoms with van der Waals surface area (Å²) in [4.78, 5) is 13.2. The van der Waals surface area contributed by atoms with Crippen molar-refractivity contribution in [3.63, 3.8) is 0 Å². The second kappa shape index (κ2) is 4.09. The third-order valence-electron chi connectivity index (χ3n) is 3.00.